The largest absolute Gasteiger partial charge is 0.409 e. The number of thiazole rings is 1. The van der Waals surface area contributed by atoms with Gasteiger partial charge in [0, 0.05) is 11.1 Å². The number of carbonyl (C=O) groups is 1. The Hall–Kier alpha value is -2.48. The third kappa shape index (κ3) is 2.91. The zero-order valence-electron chi connectivity index (χ0n) is 10.4. The number of nitrogens with one attached hydrogen (secondary N) is 1. The van der Waals surface area contributed by atoms with Crippen LogP contribution in [-0.4, -0.2) is 21.9 Å². The van der Waals surface area contributed by atoms with Gasteiger partial charge in [-0.05, 0) is 25.1 Å². The standard InChI is InChI=1S/C12H11FN4O2S/c1-6-15-10(5-20-6)12(18)16-7-2-3-9(13)8(4-7)11(14)17-19/h2-5,19H,1H3,(H2,14,17)(H,16,18). The van der Waals surface area contributed by atoms with Crippen LogP contribution in [-0.2, 0) is 0 Å². The molecule has 0 unspecified atom stereocenters. The van der Waals surface area contributed by atoms with Crippen molar-refractivity contribution in [1.82, 2.24) is 4.98 Å². The van der Waals surface area contributed by atoms with Crippen molar-refractivity contribution in [3.63, 3.8) is 0 Å². The lowest BCUT2D eigenvalue weighted by atomic mass is 10.1. The number of hydrogen-bond acceptors (Lipinski definition) is 5. The van der Waals surface area contributed by atoms with E-state index in [0.717, 1.165) is 11.1 Å². The Bertz CT molecular complexity index is 684. The van der Waals surface area contributed by atoms with Gasteiger partial charge in [0.25, 0.3) is 5.91 Å². The Morgan fingerprint density at radius 2 is 2.30 bits per heavy atom. The molecule has 1 aromatic heterocycles. The monoisotopic (exact) mass is 294 g/mol. The van der Waals surface area contributed by atoms with Gasteiger partial charge in [-0.2, -0.15) is 0 Å². The molecule has 0 saturated carbocycles. The molecule has 0 aliphatic heterocycles. The zero-order valence-corrected chi connectivity index (χ0v) is 11.2. The summed E-state index contributed by atoms with van der Waals surface area (Å²) in [6.07, 6.45) is 0. The maximum Gasteiger partial charge on any atom is 0.275 e. The minimum absolute atomic E-state index is 0.0974. The van der Waals surface area contributed by atoms with E-state index in [2.05, 4.69) is 15.5 Å². The first-order valence-electron chi connectivity index (χ1n) is 5.52. The minimum Gasteiger partial charge on any atom is -0.409 e. The highest BCUT2D eigenvalue weighted by Gasteiger charge is 2.12. The van der Waals surface area contributed by atoms with Crippen molar-refractivity contribution in [2.75, 3.05) is 5.32 Å². The van der Waals surface area contributed by atoms with E-state index < -0.39 is 11.7 Å². The molecule has 104 valence electrons. The summed E-state index contributed by atoms with van der Waals surface area (Å²) < 4.78 is 13.5. The number of nitrogens with two attached hydrogens (primary N) is 1. The average molecular weight is 294 g/mol. The van der Waals surface area contributed by atoms with Crippen LogP contribution in [0.3, 0.4) is 0 Å². The van der Waals surface area contributed by atoms with Gasteiger partial charge in [0.2, 0.25) is 0 Å². The quantitative estimate of drug-likeness (QED) is 0.348. The fraction of sp³-hybridized carbons (Fsp3) is 0.0833. The van der Waals surface area contributed by atoms with E-state index in [4.69, 9.17) is 10.9 Å². The van der Waals surface area contributed by atoms with Crippen molar-refractivity contribution >= 4 is 28.8 Å². The molecule has 2 aromatic rings. The highest BCUT2D eigenvalue weighted by atomic mass is 32.1. The molecule has 0 saturated heterocycles. The van der Waals surface area contributed by atoms with Crippen molar-refractivity contribution in [2.24, 2.45) is 10.9 Å². The van der Waals surface area contributed by atoms with Gasteiger partial charge >= 0.3 is 0 Å². The lowest BCUT2D eigenvalue weighted by molar-refractivity contribution is 0.102. The first-order valence-corrected chi connectivity index (χ1v) is 6.40. The maximum absolute atomic E-state index is 13.5. The average Bonchev–Trinajstić information content (AvgIpc) is 2.87. The van der Waals surface area contributed by atoms with Crippen LogP contribution in [0.4, 0.5) is 10.1 Å². The molecule has 0 bridgehead atoms. The number of hydrogen-bond donors (Lipinski definition) is 3. The molecule has 0 radical (unpaired) electrons. The van der Waals surface area contributed by atoms with E-state index in [-0.39, 0.29) is 17.1 Å². The predicted octanol–water partition coefficient (Wildman–Crippen LogP) is 1.94. The van der Waals surface area contributed by atoms with Crippen molar-refractivity contribution in [3.8, 4) is 0 Å². The highest BCUT2D eigenvalue weighted by molar-refractivity contribution is 7.09. The number of halogens is 1. The Labute approximate surface area is 117 Å². The van der Waals surface area contributed by atoms with Gasteiger partial charge in [0.05, 0.1) is 10.6 Å². The van der Waals surface area contributed by atoms with Gasteiger partial charge in [-0.1, -0.05) is 5.16 Å². The number of benzene rings is 1. The van der Waals surface area contributed by atoms with Gasteiger partial charge in [-0.25, -0.2) is 9.37 Å². The van der Waals surface area contributed by atoms with Crippen LogP contribution >= 0.6 is 11.3 Å². The molecule has 6 nitrogen and oxygen atoms in total. The molecular formula is C12H11FN4O2S. The van der Waals surface area contributed by atoms with E-state index in [1.807, 2.05) is 0 Å². The summed E-state index contributed by atoms with van der Waals surface area (Å²) in [5, 5.41) is 16.3. The van der Waals surface area contributed by atoms with E-state index >= 15 is 0 Å². The first kappa shape index (κ1) is 13.9. The zero-order chi connectivity index (χ0) is 14.7. The Morgan fingerprint density at radius 1 is 1.55 bits per heavy atom. The van der Waals surface area contributed by atoms with Crippen molar-refractivity contribution < 1.29 is 14.4 Å². The third-order valence-corrected chi connectivity index (χ3v) is 3.23. The second kappa shape index (κ2) is 5.66. The molecule has 1 aromatic carbocycles. The molecular weight excluding hydrogens is 283 g/mol. The third-order valence-electron chi connectivity index (χ3n) is 2.46. The molecule has 0 spiro atoms. The molecule has 0 aliphatic rings. The number of rotatable bonds is 3. The van der Waals surface area contributed by atoms with Crippen molar-refractivity contribution in [2.45, 2.75) is 6.92 Å². The van der Waals surface area contributed by atoms with Crippen LogP contribution < -0.4 is 11.1 Å². The molecule has 1 heterocycles. The fourth-order valence-corrected chi connectivity index (χ4v) is 2.11. The molecule has 20 heavy (non-hydrogen) atoms. The van der Waals surface area contributed by atoms with E-state index in [9.17, 15) is 9.18 Å². The number of anilines is 1. The van der Waals surface area contributed by atoms with E-state index in [1.165, 1.54) is 23.5 Å². The normalized spacial score (nSPS) is 11.4. The van der Waals surface area contributed by atoms with Crippen molar-refractivity contribution in [3.05, 3.63) is 45.7 Å². The van der Waals surface area contributed by atoms with Crippen LogP contribution in [0.2, 0.25) is 0 Å². The smallest absolute Gasteiger partial charge is 0.275 e. The van der Waals surface area contributed by atoms with Crippen LogP contribution in [0.1, 0.15) is 21.1 Å². The second-order valence-electron chi connectivity index (χ2n) is 3.89. The van der Waals surface area contributed by atoms with Crippen LogP contribution in [0, 0.1) is 12.7 Å². The van der Waals surface area contributed by atoms with Gasteiger partial charge in [-0.15, -0.1) is 11.3 Å². The lowest BCUT2D eigenvalue weighted by Crippen LogP contribution is -2.17. The summed E-state index contributed by atoms with van der Waals surface area (Å²) in [4.78, 5) is 15.9. The number of aryl methyl sites for hydroxylation is 1. The molecule has 4 N–H and O–H groups in total. The lowest BCUT2D eigenvalue weighted by Gasteiger charge is -2.06. The first-order chi connectivity index (χ1) is 9.51. The summed E-state index contributed by atoms with van der Waals surface area (Å²) in [5.74, 6) is -1.43. The summed E-state index contributed by atoms with van der Waals surface area (Å²) in [6, 6.07) is 3.78. The number of carbonyl (C=O) groups excluding carboxylic acids is 1. The fourth-order valence-electron chi connectivity index (χ4n) is 1.52. The number of amides is 1. The van der Waals surface area contributed by atoms with Crippen LogP contribution in [0.15, 0.2) is 28.7 Å². The number of amidine groups is 1. The molecule has 8 heteroatoms. The number of aromatic nitrogens is 1. The number of nitrogens with zero attached hydrogens (tertiary/aromatic N) is 2. The molecule has 0 atom stereocenters. The van der Waals surface area contributed by atoms with Crippen LogP contribution in [0.5, 0.6) is 0 Å². The van der Waals surface area contributed by atoms with Gasteiger partial charge < -0.3 is 16.3 Å². The van der Waals surface area contributed by atoms with Gasteiger partial charge in [0.15, 0.2) is 5.84 Å². The van der Waals surface area contributed by atoms with Crippen molar-refractivity contribution in [1.29, 1.82) is 0 Å². The summed E-state index contributed by atoms with van der Waals surface area (Å²) in [6.45, 7) is 1.79. The van der Waals surface area contributed by atoms with E-state index in [1.54, 1.807) is 12.3 Å². The maximum atomic E-state index is 13.5. The molecule has 0 fully saturated rings. The second-order valence-corrected chi connectivity index (χ2v) is 4.95. The Morgan fingerprint density at radius 3 is 2.90 bits per heavy atom. The predicted molar refractivity (Wildman–Crippen MR) is 73.7 cm³/mol. The number of oxime groups is 1. The summed E-state index contributed by atoms with van der Waals surface area (Å²) >= 11 is 1.35. The van der Waals surface area contributed by atoms with E-state index in [0.29, 0.717) is 5.69 Å². The SMILES string of the molecule is Cc1nc(C(=O)Nc2ccc(F)c(C(N)=NO)c2)cs1. The topological polar surface area (TPSA) is 101 Å². The molecule has 2 rings (SSSR count). The summed E-state index contributed by atoms with van der Waals surface area (Å²) in [5.41, 5.74) is 5.85. The van der Waals surface area contributed by atoms with Gasteiger partial charge in [0.1, 0.15) is 11.5 Å². The van der Waals surface area contributed by atoms with Gasteiger partial charge in [-0.3, -0.25) is 4.79 Å². The Kier molecular flexibility index (Phi) is 3.94. The molecule has 0 aliphatic carbocycles. The van der Waals surface area contributed by atoms with Crippen LogP contribution in [0.25, 0.3) is 0 Å². The minimum atomic E-state index is -0.650. The highest BCUT2D eigenvalue weighted by Crippen LogP contribution is 2.16. The Balaban J connectivity index is 2.24. The summed E-state index contributed by atoms with van der Waals surface area (Å²) in [7, 11) is 0. The molecule has 1 amide bonds.